The van der Waals surface area contributed by atoms with Crippen molar-refractivity contribution in [1.82, 2.24) is 0 Å². The molecule has 36 heavy (non-hydrogen) atoms. The van der Waals surface area contributed by atoms with Crippen LogP contribution in [0.15, 0.2) is 84.9 Å². The van der Waals surface area contributed by atoms with Gasteiger partial charge in [0.15, 0.2) is 5.41 Å². The Balaban J connectivity index is 1.61. The first kappa shape index (κ1) is 23.1. The van der Waals surface area contributed by atoms with Crippen LogP contribution in [0, 0.1) is 50.2 Å². The van der Waals surface area contributed by atoms with E-state index in [0.29, 0.717) is 23.5 Å². The zero-order valence-corrected chi connectivity index (χ0v) is 19.5. The lowest BCUT2D eigenvalue weighted by Crippen LogP contribution is -2.57. The summed E-state index contributed by atoms with van der Waals surface area (Å²) in [5.74, 6) is -2.23. The summed E-state index contributed by atoms with van der Waals surface area (Å²) in [7, 11) is 0. The van der Waals surface area contributed by atoms with Crippen molar-refractivity contribution >= 4 is 5.90 Å². The molecule has 2 saturated heterocycles. The van der Waals surface area contributed by atoms with Gasteiger partial charge in [-0.3, -0.25) is 5.41 Å². The summed E-state index contributed by atoms with van der Waals surface area (Å²) in [6, 6.07) is 32.0. The third kappa shape index (κ3) is 3.17. The molecule has 2 aliphatic heterocycles. The minimum atomic E-state index is -2.06. The number of hydrogen-bond donors (Lipinski definition) is 1. The van der Waals surface area contributed by atoms with Crippen molar-refractivity contribution in [2.75, 3.05) is 0 Å². The molecule has 3 aromatic carbocycles. The van der Waals surface area contributed by atoms with E-state index in [0.717, 1.165) is 5.56 Å². The number of nitriles is 3. The third-order valence-corrected chi connectivity index (χ3v) is 7.06. The molecule has 2 aliphatic rings. The van der Waals surface area contributed by atoms with Crippen LogP contribution in [0.1, 0.15) is 35.6 Å². The van der Waals surface area contributed by atoms with Crippen LogP contribution in [0.2, 0.25) is 0 Å². The SMILES string of the molecule is CC12OC(=N)C(C#N)(C1c1ccccc1)C(C#N)(C#N)C(c1cccc(OCc3ccccc3)c1)O2. The molecule has 2 heterocycles. The van der Waals surface area contributed by atoms with Gasteiger partial charge in [0, 0.05) is 6.92 Å². The molecule has 1 N–H and O–H groups in total. The van der Waals surface area contributed by atoms with Gasteiger partial charge in [0.25, 0.3) is 0 Å². The fourth-order valence-electron chi connectivity index (χ4n) is 5.44. The van der Waals surface area contributed by atoms with E-state index >= 15 is 0 Å². The van der Waals surface area contributed by atoms with E-state index in [1.165, 1.54) is 0 Å². The maximum atomic E-state index is 10.6. The van der Waals surface area contributed by atoms with Crippen LogP contribution in [0.25, 0.3) is 0 Å². The number of benzene rings is 3. The third-order valence-electron chi connectivity index (χ3n) is 7.06. The predicted octanol–water partition coefficient (Wildman–Crippen LogP) is 5.39. The van der Waals surface area contributed by atoms with E-state index in [4.69, 9.17) is 19.6 Å². The maximum absolute atomic E-state index is 10.6. The van der Waals surface area contributed by atoms with Crippen LogP contribution in [0.5, 0.6) is 5.75 Å². The van der Waals surface area contributed by atoms with E-state index in [1.54, 1.807) is 55.5 Å². The monoisotopic (exact) mass is 474 g/mol. The Hall–Kier alpha value is -4.64. The molecule has 0 saturated carbocycles. The molecule has 0 aromatic heterocycles. The number of nitrogens with zero attached hydrogens (tertiary/aromatic N) is 3. The maximum Gasteiger partial charge on any atom is 0.218 e. The number of rotatable bonds is 5. The summed E-state index contributed by atoms with van der Waals surface area (Å²) in [6.45, 7) is 1.99. The van der Waals surface area contributed by atoms with E-state index in [9.17, 15) is 15.8 Å². The largest absolute Gasteiger partial charge is 0.489 e. The zero-order valence-electron chi connectivity index (χ0n) is 19.5. The van der Waals surface area contributed by atoms with Crippen LogP contribution < -0.4 is 4.74 Å². The number of ether oxygens (including phenoxy) is 3. The first-order chi connectivity index (χ1) is 17.4. The van der Waals surface area contributed by atoms with Crippen molar-refractivity contribution in [1.29, 1.82) is 21.2 Å². The lowest BCUT2D eigenvalue weighted by molar-refractivity contribution is -0.253. The smallest absolute Gasteiger partial charge is 0.218 e. The summed E-state index contributed by atoms with van der Waals surface area (Å²) in [6.07, 6.45) is -1.17. The molecule has 4 atom stereocenters. The molecule has 7 heteroatoms. The Morgan fingerprint density at radius 3 is 2.14 bits per heavy atom. The van der Waals surface area contributed by atoms with Gasteiger partial charge >= 0.3 is 0 Å². The minimum absolute atomic E-state index is 0.334. The van der Waals surface area contributed by atoms with Crippen molar-refractivity contribution in [3.05, 3.63) is 102 Å². The van der Waals surface area contributed by atoms with Crippen molar-refractivity contribution in [2.45, 2.75) is 31.3 Å². The van der Waals surface area contributed by atoms with Gasteiger partial charge in [-0.25, -0.2) is 0 Å². The molecule has 0 radical (unpaired) electrons. The topological polar surface area (TPSA) is 123 Å². The normalized spacial score (nSPS) is 27.7. The fourth-order valence-corrected chi connectivity index (χ4v) is 5.44. The summed E-state index contributed by atoms with van der Waals surface area (Å²) in [5, 5.41) is 40.2. The minimum Gasteiger partial charge on any atom is -0.489 e. The van der Waals surface area contributed by atoms with Gasteiger partial charge in [-0.15, -0.1) is 0 Å². The van der Waals surface area contributed by atoms with Crippen LogP contribution in [0.3, 0.4) is 0 Å². The molecule has 176 valence electrons. The molecule has 5 rings (SSSR count). The highest BCUT2D eigenvalue weighted by Gasteiger charge is 2.79. The molecule has 0 amide bonds. The number of nitrogens with one attached hydrogen (secondary N) is 1. The molecule has 0 aliphatic carbocycles. The number of fused-ring (bicyclic) bond motifs is 2. The van der Waals surface area contributed by atoms with Crippen molar-refractivity contribution in [3.8, 4) is 24.0 Å². The van der Waals surface area contributed by atoms with Crippen molar-refractivity contribution in [2.24, 2.45) is 10.8 Å². The first-order valence-corrected chi connectivity index (χ1v) is 11.5. The molecule has 2 bridgehead atoms. The van der Waals surface area contributed by atoms with Gasteiger partial charge in [0.1, 0.15) is 18.5 Å². The van der Waals surface area contributed by atoms with Crippen LogP contribution >= 0.6 is 0 Å². The Labute approximate surface area is 209 Å². The average Bonchev–Trinajstić information content (AvgIpc) is 3.11. The molecule has 0 spiro atoms. The summed E-state index contributed by atoms with van der Waals surface area (Å²) in [5.41, 5.74) is -1.83. The Bertz CT molecular complexity index is 1420. The Morgan fingerprint density at radius 1 is 0.861 bits per heavy atom. The van der Waals surface area contributed by atoms with E-state index in [-0.39, 0.29) is 0 Å². The second-order valence-corrected chi connectivity index (χ2v) is 9.09. The second kappa shape index (κ2) is 8.54. The van der Waals surface area contributed by atoms with Crippen LogP contribution in [-0.2, 0) is 16.1 Å². The van der Waals surface area contributed by atoms with E-state index in [2.05, 4.69) is 18.2 Å². The van der Waals surface area contributed by atoms with E-state index < -0.39 is 34.5 Å². The fraction of sp³-hybridized carbons (Fsp3) is 0.241. The molecular formula is C29H22N4O3. The number of hydrogen-bond acceptors (Lipinski definition) is 7. The lowest BCUT2D eigenvalue weighted by atomic mass is 9.52. The molecule has 7 nitrogen and oxygen atoms in total. The van der Waals surface area contributed by atoms with Gasteiger partial charge in [-0.05, 0) is 28.8 Å². The molecule has 4 unspecified atom stereocenters. The first-order valence-electron chi connectivity index (χ1n) is 11.5. The predicted molar refractivity (Wildman–Crippen MR) is 129 cm³/mol. The highest BCUT2D eigenvalue weighted by atomic mass is 16.7. The average molecular weight is 475 g/mol. The van der Waals surface area contributed by atoms with Gasteiger partial charge < -0.3 is 14.2 Å². The summed E-state index contributed by atoms with van der Waals surface area (Å²) in [4.78, 5) is 0. The summed E-state index contributed by atoms with van der Waals surface area (Å²) < 4.78 is 18.3. The lowest BCUT2D eigenvalue weighted by Gasteiger charge is -2.48. The van der Waals surface area contributed by atoms with Gasteiger partial charge in [-0.1, -0.05) is 72.8 Å². The quantitative estimate of drug-likeness (QED) is 0.529. The molecular weight excluding hydrogens is 452 g/mol. The highest BCUT2D eigenvalue weighted by molar-refractivity contribution is 5.90. The van der Waals surface area contributed by atoms with E-state index in [1.807, 2.05) is 36.4 Å². The van der Waals surface area contributed by atoms with Crippen LogP contribution in [0.4, 0.5) is 0 Å². The van der Waals surface area contributed by atoms with Crippen LogP contribution in [-0.4, -0.2) is 11.7 Å². The molecule has 2 fully saturated rings. The molecule has 3 aromatic rings. The van der Waals surface area contributed by atoms with Gasteiger partial charge in [0.05, 0.1) is 24.1 Å². The van der Waals surface area contributed by atoms with Gasteiger partial charge in [0.2, 0.25) is 17.1 Å². The highest BCUT2D eigenvalue weighted by Crippen LogP contribution is 2.69. The summed E-state index contributed by atoms with van der Waals surface area (Å²) >= 11 is 0. The van der Waals surface area contributed by atoms with Gasteiger partial charge in [-0.2, -0.15) is 15.8 Å². The zero-order chi connectivity index (χ0) is 25.4. The van der Waals surface area contributed by atoms with Crippen molar-refractivity contribution in [3.63, 3.8) is 0 Å². The Morgan fingerprint density at radius 2 is 1.50 bits per heavy atom. The Kier molecular flexibility index (Phi) is 5.48. The van der Waals surface area contributed by atoms with Crippen molar-refractivity contribution < 1.29 is 14.2 Å². The second-order valence-electron chi connectivity index (χ2n) is 9.09. The standard InChI is InChI=1S/C29H22N4O3/c1-27-24(21-11-6-3-7-12-21)29(19-32,26(33)36-27)28(17-30,18-31)25(35-27)22-13-8-14-23(15-22)34-16-20-9-4-2-5-10-20/h2-15,24-25,33H,16H2,1H3.